The third kappa shape index (κ3) is 2.61. The molecule has 3 heterocycles. The van der Waals surface area contributed by atoms with Crippen LogP contribution in [0.2, 0.25) is 0 Å². The predicted octanol–water partition coefficient (Wildman–Crippen LogP) is 2.28. The van der Waals surface area contributed by atoms with E-state index in [2.05, 4.69) is 20.3 Å². The summed E-state index contributed by atoms with van der Waals surface area (Å²) >= 11 is 0. The van der Waals surface area contributed by atoms with Gasteiger partial charge in [-0.05, 0) is 24.3 Å². The molecule has 0 aliphatic carbocycles. The van der Waals surface area contributed by atoms with Gasteiger partial charge in [-0.2, -0.15) is 9.61 Å². The molecule has 0 fully saturated rings. The minimum atomic E-state index is -0.704. The topological polar surface area (TPSA) is 73.0 Å². The lowest BCUT2D eigenvalue weighted by atomic mass is 10.1. The number of fused-ring (bicyclic) bond motifs is 2. The van der Waals surface area contributed by atoms with E-state index in [0.717, 1.165) is 6.29 Å². The predicted molar refractivity (Wildman–Crippen MR) is 85.0 cm³/mol. The number of pyridine rings is 1. The molecule has 0 aliphatic rings. The fourth-order valence-corrected chi connectivity index (χ4v) is 2.69. The van der Waals surface area contributed by atoms with Crippen LogP contribution in [0.15, 0.2) is 36.5 Å². The highest BCUT2D eigenvalue weighted by molar-refractivity contribution is 5.80. The highest BCUT2D eigenvalue weighted by Crippen LogP contribution is 2.24. The van der Waals surface area contributed by atoms with E-state index in [1.807, 2.05) is 0 Å². The molecular weight excluding hydrogens is 328 g/mol. The number of carbonyl (C=O) groups is 1. The first-order valence-corrected chi connectivity index (χ1v) is 7.53. The molecule has 0 atom stereocenters. The molecule has 0 N–H and O–H groups in total. The third-order valence-corrected chi connectivity index (χ3v) is 3.90. The molecule has 124 valence electrons. The van der Waals surface area contributed by atoms with Crippen LogP contribution < -0.4 is 0 Å². The highest BCUT2D eigenvalue weighted by atomic mass is 19.1. The van der Waals surface area contributed by atoms with E-state index in [1.54, 1.807) is 24.3 Å². The van der Waals surface area contributed by atoms with Crippen molar-refractivity contribution in [2.45, 2.75) is 12.8 Å². The van der Waals surface area contributed by atoms with Crippen LogP contribution in [0.25, 0.3) is 16.6 Å². The maximum Gasteiger partial charge on any atom is 0.177 e. The first kappa shape index (κ1) is 15.3. The average Bonchev–Trinajstić information content (AvgIpc) is 3.01. The molecule has 0 amide bonds. The van der Waals surface area contributed by atoms with E-state index < -0.39 is 11.6 Å². The maximum atomic E-state index is 14.7. The van der Waals surface area contributed by atoms with Crippen molar-refractivity contribution in [3.05, 3.63) is 65.2 Å². The quantitative estimate of drug-likeness (QED) is 0.533. The number of rotatable bonds is 4. The molecule has 0 unspecified atom stereocenters. The Morgan fingerprint density at radius 1 is 1.16 bits per heavy atom. The van der Waals surface area contributed by atoms with Crippen molar-refractivity contribution >= 4 is 22.8 Å². The summed E-state index contributed by atoms with van der Waals surface area (Å²) < 4.78 is 30.5. The first-order valence-electron chi connectivity index (χ1n) is 7.53. The Hall–Kier alpha value is -3.29. The minimum absolute atomic E-state index is 0.124. The number of hydrogen-bond acceptors (Lipinski definition) is 5. The summed E-state index contributed by atoms with van der Waals surface area (Å²) in [4.78, 5) is 14.6. The van der Waals surface area contributed by atoms with Crippen molar-refractivity contribution in [2.75, 3.05) is 0 Å². The second-order valence-corrected chi connectivity index (χ2v) is 5.48. The molecule has 6 nitrogen and oxygen atoms in total. The van der Waals surface area contributed by atoms with Crippen LogP contribution in [0.3, 0.4) is 0 Å². The van der Waals surface area contributed by atoms with Crippen LogP contribution in [-0.4, -0.2) is 31.1 Å². The summed E-state index contributed by atoms with van der Waals surface area (Å²) in [6.07, 6.45) is 2.22. The minimum Gasteiger partial charge on any atom is -0.303 e. The molecule has 25 heavy (non-hydrogen) atoms. The number of aldehydes is 1. The molecule has 0 spiro atoms. The van der Waals surface area contributed by atoms with Gasteiger partial charge in [-0.1, -0.05) is 0 Å². The van der Waals surface area contributed by atoms with Gasteiger partial charge in [-0.3, -0.25) is 4.98 Å². The zero-order chi connectivity index (χ0) is 17.4. The van der Waals surface area contributed by atoms with E-state index in [-0.39, 0.29) is 35.1 Å². The van der Waals surface area contributed by atoms with E-state index in [1.165, 1.54) is 16.8 Å². The van der Waals surface area contributed by atoms with E-state index >= 15 is 0 Å². The van der Waals surface area contributed by atoms with Gasteiger partial charge in [-0.15, -0.1) is 10.2 Å². The molecule has 0 saturated carbocycles. The molecule has 0 saturated heterocycles. The van der Waals surface area contributed by atoms with Crippen molar-refractivity contribution in [1.82, 2.24) is 24.8 Å². The van der Waals surface area contributed by atoms with Gasteiger partial charge < -0.3 is 4.79 Å². The van der Waals surface area contributed by atoms with E-state index in [0.29, 0.717) is 11.3 Å². The molecular formula is C17H11F2N5O. The lowest BCUT2D eigenvalue weighted by molar-refractivity contribution is -0.107. The summed E-state index contributed by atoms with van der Waals surface area (Å²) in [5, 5.41) is 12.4. The number of aromatic nitrogens is 5. The molecule has 3 aromatic heterocycles. The Morgan fingerprint density at radius 2 is 2.04 bits per heavy atom. The van der Waals surface area contributed by atoms with E-state index in [9.17, 15) is 13.6 Å². The van der Waals surface area contributed by atoms with Gasteiger partial charge in [0.2, 0.25) is 0 Å². The Kier molecular flexibility index (Phi) is 3.64. The van der Waals surface area contributed by atoms with Gasteiger partial charge in [-0.25, -0.2) is 8.78 Å². The molecule has 0 bridgehead atoms. The second kappa shape index (κ2) is 5.97. The van der Waals surface area contributed by atoms with Crippen molar-refractivity contribution in [3.8, 4) is 0 Å². The normalized spacial score (nSPS) is 11.3. The number of hydrogen-bond donors (Lipinski definition) is 0. The maximum absolute atomic E-state index is 14.7. The van der Waals surface area contributed by atoms with Gasteiger partial charge in [0.15, 0.2) is 11.5 Å². The third-order valence-electron chi connectivity index (χ3n) is 3.90. The molecule has 8 heteroatoms. The highest BCUT2D eigenvalue weighted by Gasteiger charge is 2.18. The van der Waals surface area contributed by atoms with Crippen LogP contribution in [0.4, 0.5) is 8.78 Å². The standard InChI is InChI=1S/C17H11F2N5O/c18-13-9-14-11(2-1-6-20-14)17(19)12(13)8-16-22-21-15-4-3-10(5-7-25)23-24(15)16/h1-4,6-7,9H,5,8H2. The van der Waals surface area contributed by atoms with Gasteiger partial charge in [0, 0.05) is 36.1 Å². The van der Waals surface area contributed by atoms with Crippen LogP contribution in [0.1, 0.15) is 17.1 Å². The lowest BCUT2D eigenvalue weighted by Gasteiger charge is -2.07. The van der Waals surface area contributed by atoms with Crippen molar-refractivity contribution in [2.24, 2.45) is 0 Å². The zero-order valence-electron chi connectivity index (χ0n) is 12.9. The number of halogens is 2. The van der Waals surface area contributed by atoms with Crippen LogP contribution in [0.5, 0.6) is 0 Å². The summed E-state index contributed by atoms with van der Waals surface area (Å²) in [5.74, 6) is -1.10. The zero-order valence-corrected chi connectivity index (χ0v) is 12.9. The summed E-state index contributed by atoms with van der Waals surface area (Å²) in [7, 11) is 0. The Balaban J connectivity index is 1.82. The molecule has 4 aromatic rings. The molecule has 0 radical (unpaired) electrons. The summed E-state index contributed by atoms with van der Waals surface area (Å²) in [6.45, 7) is 0. The van der Waals surface area contributed by atoms with Gasteiger partial charge in [0.25, 0.3) is 0 Å². The first-order chi connectivity index (χ1) is 12.2. The van der Waals surface area contributed by atoms with E-state index in [4.69, 9.17) is 0 Å². The monoisotopic (exact) mass is 339 g/mol. The number of benzene rings is 1. The Labute approximate surface area is 140 Å². The fraction of sp³-hybridized carbons (Fsp3) is 0.118. The summed E-state index contributed by atoms with van der Waals surface area (Å²) in [6, 6.07) is 7.64. The van der Waals surface area contributed by atoms with Crippen LogP contribution >= 0.6 is 0 Å². The van der Waals surface area contributed by atoms with Crippen LogP contribution in [-0.2, 0) is 17.6 Å². The van der Waals surface area contributed by atoms with Gasteiger partial charge in [0.05, 0.1) is 11.2 Å². The molecule has 1 aromatic carbocycles. The number of nitrogens with zero attached hydrogens (tertiary/aromatic N) is 5. The lowest BCUT2D eigenvalue weighted by Crippen LogP contribution is -2.06. The SMILES string of the molecule is O=CCc1ccc2nnc(Cc3c(F)cc4ncccc4c3F)n2n1. The Bertz CT molecular complexity index is 1110. The molecule has 0 aliphatic heterocycles. The van der Waals surface area contributed by atoms with Gasteiger partial charge >= 0.3 is 0 Å². The number of carbonyl (C=O) groups excluding carboxylic acids is 1. The average molecular weight is 339 g/mol. The molecule has 4 rings (SSSR count). The van der Waals surface area contributed by atoms with Crippen molar-refractivity contribution < 1.29 is 13.6 Å². The summed E-state index contributed by atoms with van der Waals surface area (Å²) in [5.41, 5.74) is 1.08. The smallest absolute Gasteiger partial charge is 0.177 e. The van der Waals surface area contributed by atoms with Gasteiger partial charge in [0.1, 0.15) is 17.9 Å². The Morgan fingerprint density at radius 3 is 2.88 bits per heavy atom. The second-order valence-electron chi connectivity index (χ2n) is 5.48. The largest absolute Gasteiger partial charge is 0.303 e. The van der Waals surface area contributed by atoms with Crippen LogP contribution in [0, 0.1) is 11.6 Å². The fourth-order valence-electron chi connectivity index (χ4n) is 2.69. The van der Waals surface area contributed by atoms with Crippen molar-refractivity contribution in [1.29, 1.82) is 0 Å². The van der Waals surface area contributed by atoms with Crippen molar-refractivity contribution in [3.63, 3.8) is 0 Å².